The summed E-state index contributed by atoms with van der Waals surface area (Å²) in [7, 11) is 0. The molecule has 0 aromatic heterocycles. The molecule has 0 radical (unpaired) electrons. The maximum Gasteiger partial charge on any atom is -0.0348 e. The highest BCUT2D eigenvalue weighted by Gasteiger charge is 2.38. The molecule has 0 nitrogen and oxygen atoms in total. The predicted molar refractivity (Wildman–Crippen MR) is 78.1 cm³/mol. The van der Waals surface area contributed by atoms with Crippen molar-refractivity contribution < 1.29 is 0 Å². The first-order chi connectivity index (χ1) is 8.33. The summed E-state index contributed by atoms with van der Waals surface area (Å²) in [4.78, 5) is 0. The van der Waals surface area contributed by atoms with Crippen LogP contribution in [-0.2, 0) is 0 Å². The Morgan fingerprint density at radius 3 is 1.82 bits per heavy atom. The first-order valence-electron chi connectivity index (χ1n) is 7.55. The molecule has 2 unspecified atom stereocenters. The van der Waals surface area contributed by atoms with Gasteiger partial charge in [0.1, 0.15) is 0 Å². The van der Waals surface area contributed by atoms with Crippen molar-refractivity contribution >= 4 is 0 Å². The van der Waals surface area contributed by atoms with Gasteiger partial charge >= 0.3 is 0 Å². The summed E-state index contributed by atoms with van der Waals surface area (Å²) in [6, 6.07) is 0. The van der Waals surface area contributed by atoms with Crippen molar-refractivity contribution in [1.29, 1.82) is 0 Å². The molecule has 0 spiro atoms. The van der Waals surface area contributed by atoms with Crippen molar-refractivity contribution in [2.24, 2.45) is 17.8 Å². The minimum absolute atomic E-state index is 1.03. The summed E-state index contributed by atoms with van der Waals surface area (Å²) >= 11 is 0. The van der Waals surface area contributed by atoms with Crippen LogP contribution in [0.4, 0.5) is 0 Å². The Balaban J connectivity index is 2.28. The van der Waals surface area contributed by atoms with Gasteiger partial charge in [-0.3, -0.25) is 0 Å². The molecular formula is C17H30. The summed E-state index contributed by atoms with van der Waals surface area (Å²) in [5.41, 5.74) is 0. The highest BCUT2D eigenvalue weighted by Crippen LogP contribution is 2.47. The molecule has 0 amide bonds. The third-order valence-electron chi connectivity index (χ3n) is 4.32. The number of allylic oxidation sites excluding steroid dienone is 4. The van der Waals surface area contributed by atoms with Crippen molar-refractivity contribution in [3.8, 4) is 0 Å². The van der Waals surface area contributed by atoms with E-state index >= 15 is 0 Å². The molecule has 0 aromatic carbocycles. The normalized spacial score (nSPS) is 29.0. The van der Waals surface area contributed by atoms with Crippen LogP contribution in [0.15, 0.2) is 24.3 Å². The van der Waals surface area contributed by atoms with E-state index in [0.29, 0.717) is 0 Å². The maximum atomic E-state index is 2.34. The van der Waals surface area contributed by atoms with Crippen LogP contribution in [0, 0.1) is 17.8 Å². The van der Waals surface area contributed by atoms with Crippen molar-refractivity contribution in [2.75, 3.05) is 0 Å². The Morgan fingerprint density at radius 1 is 0.882 bits per heavy atom. The van der Waals surface area contributed by atoms with Gasteiger partial charge in [0.05, 0.1) is 0 Å². The van der Waals surface area contributed by atoms with E-state index in [1.165, 1.54) is 44.9 Å². The van der Waals surface area contributed by atoms with E-state index in [9.17, 15) is 0 Å². The average molecular weight is 234 g/mol. The molecule has 0 heteroatoms. The van der Waals surface area contributed by atoms with Crippen LogP contribution in [0.5, 0.6) is 0 Å². The zero-order valence-corrected chi connectivity index (χ0v) is 12.0. The van der Waals surface area contributed by atoms with Gasteiger partial charge in [-0.25, -0.2) is 0 Å². The lowest BCUT2D eigenvalue weighted by Gasteiger charge is -2.45. The Morgan fingerprint density at radius 2 is 1.41 bits per heavy atom. The zero-order valence-electron chi connectivity index (χ0n) is 12.0. The van der Waals surface area contributed by atoms with Gasteiger partial charge in [-0.15, -0.1) is 0 Å². The molecule has 0 heterocycles. The molecule has 0 aliphatic heterocycles. The minimum Gasteiger partial charge on any atom is -0.0917 e. The summed E-state index contributed by atoms with van der Waals surface area (Å²) in [5, 5.41) is 0. The lowest BCUT2D eigenvalue weighted by atomic mass is 9.60. The van der Waals surface area contributed by atoms with Crippen LogP contribution in [0.25, 0.3) is 0 Å². The molecule has 98 valence electrons. The largest absolute Gasteiger partial charge is 0.0917 e. The smallest absolute Gasteiger partial charge is 0.0348 e. The molecule has 1 aliphatic carbocycles. The Labute approximate surface area is 108 Å². The molecule has 1 rings (SSSR count). The first kappa shape index (κ1) is 14.5. The van der Waals surface area contributed by atoms with Gasteiger partial charge in [0.25, 0.3) is 0 Å². The van der Waals surface area contributed by atoms with Crippen LogP contribution in [0.1, 0.15) is 65.7 Å². The van der Waals surface area contributed by atoms with Gasteiger partial charge in [0.15, 0.2) is 0 Å². The molecule has 0 saturated heterocycles. The van der Waals surface area contributed by atoms with Crippen LogP contribution >= 0.6 is 0 Å². The quantitative estimate of drug-likeness (QED) is 0.469. The van der Waals surface area contributed by atoms with Crippen molar-refractivity contribution in [2.45, 2.75) is 65.7 Å². The molecule has 1 fully saturated rings. The molecule has 0 bridgehead atoms. The van der Waals surface area contributed by atoms with Gasteiger partial charge in [0.2, 0.25) is 0 Å². The molecule has 0 N–H and O–H groups in total. The topological polar surface area (TPSA) is 0 Å². The Hall–Kier alpha value is -0.520. The first-order valence-corrected chi connectivity index (χ1v) is 7.55. The SMILES string of the molecule is CC=CCCC1CC(CCC=CC)C1CCC. The van der Waals surface area contributed by atoms with Crippen LogP contribution < -0.4 is 0 Å². The summed E-state index contributed by atoms with van der Waals surface area (Å²) in [6.07, 6.45) is 18.8. The highest BCUT2D eigenvalue weighted by molar-refractivity contribution is 4.92. The molecule has 17 heavy (non-hydrogen) atoms. The summed E-state index contributed by atoms with van der Waals surface area (Å²) in [6.45, 7) is 6.60. The second-order valence-electron chi connectivity index (χ2n) is 5.50. The summed E-state index contributed by atoms with van der Waals surface area (Å²) in [5.74, 6) is 3.10. The monoisotopic (exact) mass is 234 g/mol. The van der Waals surface area contributed by atoms with Gasteiger partial charge in [-0.1, -0.05) is 44.1 Å². The van der Waals surface area contributed by atoms with Gasteiger partial charge in [0, 0.05) is 0 Å². The zero-order chi connectivity index (χ0) is 12.5. The molecular weight excluding hydrogens is 204 g/mol. The van der Waals surface area contributed by atoms with E-state index in [2.05, 4.69) is 45.1 Å². The molecule has 2 atom stereocenters. The van der Waals surface area contributed by atoms with Crippen molar-refractivity contribution in [3.63, 3.8) is 0 Å². The fourth-order valence-electron chi connectivity index (χ4n) is 3.35. The van der Waals surface area contributed by atoms with Gasteiger partial charge < -0.3 is 0 Å². The third kappa shape index (κ3) is 4.69. The van der Waals surface area contributed by atoms with Crippen LogP contribution in [0.3, 0.4) is 0 Å². The van der Waals surface area contributed by atoms with Crippen molar-refractivity contribution in [3.05, 3.63) is 24.3 Å². The maximum absolute atomic E-state index is 2.34. The van der Waals surface area contributed by atoms with E-state index in [0.717, 1.165) is 17.8 Å². The summed E-state index contributed by atoms with van der Waals surface area (Å²) < 4.78 is 0. The Kier molecular flexibility index (Phi) is 7.32. The second-order valence-corrected chi connectivity index (χ2v) is 5.50. The van der Waals surface area contributed by atoms with Crippen LogP contribution in [-0.4, -0.2) is 0 Å². The Bertz CT molecular complexity index is 214. The fourth-order valence-corrected chi connectivity index (χ4v) is 3.35. The molecule has 1 aliphatic rings. The van der Waals surface area contributed by atoms with Gasteiger partial charge in [-0.2, -0.15) is 0 Å². The average Bonchev–Trinajstić information content (AvgIpc) is 2.33. The predicted octanol–water partition coefficient (Wildman–Crippen LogP) is 5.75. The number of hydrogen-bond acceptors (Lipinski definition) is 0. The van der Waals surface area contributed by atoms with E-state index in [1.807, 2.05) is 0 Å². The molecule has 0 aromatic rings. The van der Waals surface area contributed by atoms with E-state index < -0.39 is 0 Å². The van der Waals surface area contributed by atoms with E-state index in [1.54, 1.807) is 0 Å². The lowest BCUT2D eigenvalue weighted by molar-refractivity contribution is 0.0503. The van der Waals surface area contributed by atoms with Crippen molar-refractivity contribution in [1.82, 2.24) is 0 Å². The molecule has 1 saturated carbocycles. The second kappa shape index (κ2) is 8.55. The minimum atomic E-state index is 1.03. The van der Waals surface area contributed by atoms with Gasteiger partial charge in [-0.05, 0) is 63.7 Å². The third-order valence-corrected chi connectivity index (χ3v) is 4.32. The van der Waals surface area contributed by atoms with E-state index in [-0.39, 0.29) is 0 Å². The lowest BCUT2D eigenvalue weighted by Crippen LogP contribution is -2.36. The van der Waals surface area contributed by atoms with E-state index in [4.69, 9.17) is 0 Å². The van der Waals surface area contributed by atoms with Crippen LogP contribution in [0.2, 0.25) is 0 Å². The number of rotatable bonds is 8. The highest BCUT2D eigenvalue weighted by atomic mass is 14.4. The number of hydrogen-bond donors (Lipinski definition) is 0. The fraction of sp³-hybridized carbons (Fsp3) is 0.765. The standard InChI is InChI=1S/C17H30/c1-4-7-9-12-15-14-16(13-10-8-5-2)17(15)11-6-3/h4-5,7-8,15-17H,6,9-14H2,1-3H3.